The van der Waals surface area contributed by atoms with E-state index in [1.54, 1.807) is 41.5 Å². The molecule has 10 aliphatic rings. The molecule has 0 saturated carbocycles. The minimum absolute atomic E-state index is 0.142. The number of likely N-dealkylation sites (tertiary alicyclic amines) is 8. The van der Waals surface area contributed by atoms with Crippen molar-refractivity contribution in [1.29, 1.82) is 0 Å². The number of hydrogen-bond acceptors (Lipinski definition) is 12. The summed E-state index contributed by atoms with van der Waals surface area (Å²) in [7, 11) is -0.487. The zero-order chi connectivity index (χ0) is 107. The lowest BCUT2D eigenvalue weighted by atomic mass is 9.67. The summed E-state index contributed by atoms with van der Waals surface area (Å²) in [6.07, 6.45) is 7.13. The predicted molar refractivity (Wildman–Crippen MR) is 585 cm³/mol. The minimum Gasteiger partial charge on any atom is -0.450 e. The van der Waals surface area contributed by atoms with Crippen LogP contribution in [0.25, 0.3) is 0 Å². The molecule has 20 heteroatoms. The van der Waals surface area contributed by atoms with Gasteiger partial charge in [0, 0.05) is 144 Å². The molecule has 0 N–H and O–H groups in total. The van der Waals surface area contributed by atoms with Gasteiger partial charge < -0.3 is 48.7 Å². The highest BCUT2D eigenvalue weighted by atomic mass is 32.2. The molecule has 19 nitrogen and oxygen atoms in total. The van der Waals surface area contributed by atoms with Crippen molar-refractivity contribution in [2.45, 2.75) is 401 Å². The average Bonchev–Trinajstić information content (AvgIpc) is 1.26. The third kappa shape index (κ3) is 40.0. The quantitative estimate of drug-likeness (QED) is 0.106. The molecule has 10 heterocycles. The molecule has 0 radical (unpaired) electrons. The van der Waals surface area contributed by atoms with Crippen molar-refractivity contribution in [2.75, 3.05) is 110 Å². The Balaban J connectivity index is 0.000000767. The smallest absolute Gasteiger partial charge is 0.409 e. The Labute approximate surface area is 854 Å². The van der Waals surface area contributed by atoms with E-state index in [0.29, 0.717) is 214 Å². The summed E-state index contributed by atoms with van der Waals surface area (Å²) in [4.78, 5) is 97.0. The second-order valence-electron chi connectivity index (χ2n) is 51.7. The van der Waals surface area contributed by atoms with Gasteiger partial charge in [0.15, 0.2) is 9.84 Å². The number of piperidine rings is 2. The monoisotopic (exact) mass is 1970 g/mol. The number of amides is 7. The molecule has 0 aromatic heterocycles. The lowest BCUT2D eigenvalue weighted by Crippen LogP contribution is -2.61. The molecule has 10 saturated heterocycles. The Morgan fingerprint density at radius 3 is 0.768 bits per heavy atom. The van der Waals surface area contributed by atoms with Gasteiger partial charge in [-0.2, -0.15) is 0 Å². The van der Waals surface area contributed by atoms with E-state index in [1.807, 2.05) is 21.6 Å². The number of ether oxygens (including phenoxy) is 2. The van der Waals surface area contributed by atoms with Crippen LogP contribution in [-0.2, 0) is 48.1 Å². The van der Waals surface area contributed by atoms with Gasteiger partial charge in [0.2, 0.25) is 35.4 Å². The van der Waals surface area contributed by atoms with Gasteiger partial charge in [-0.25, -0.2) is 13.2 Å². The van der Waals surface area contributed by atoms with Crippen LogP contribution < -0.4 is 0 Å². The lowest BCUT2D eigenvalue weighted by molar-refractivity contribution is -0.146. The first-order valence-corrected chi connectivity index (χ1v) is 58.3. The molecule has 20 atom stereocenters. The number of hydrogen-bond donors (Lipinski definition) is 0. The molecule has 10 aliphatic heterocycles. The second-order valence-corrected chi connectivity index (χ2v) is 53.9. The first-order chi connectivity index (χ1) is 63.5. The lowest BCUT2D eigenvalue weighted by Gasteiger charge is -2.52. The van der Waals surface area contributed by atoms with Crippen molar-refractivity contribution >= 4 is 51.4 Å². The Kier molecular flexibility index (Phi) is 58.9. The van der Waals surface area contributed by atoms with Gasteiger partial charge >= 0.3 is 6.09 Å². The van der Waals surface area contributed by atoms with Crippen LogP contribution in [0.4, 0.5) is 4.79 Å². The van der Waals surface area contributed by atoms with Crippen molar-refractivity contribution in [3.63, 3.8) is 0 Å². The number of carbonyl (C=O) groups is 7. The maximum Gasteiger partial charge on any atom is 0.409 e. The molecular formula is C118H230N8O11S. The fourth-order valence-corrected chi connectivity index (χ4v) is 28.6. The first kappa shape index (κ1) is 132. The van der Waals surface area contributed by atoms with Crippen molar-refractivity contribution < 1.29 is 51.5 Å². The molecule has 10 fully saturated rings. The highest BCUT2D eigenvalue weighted by Gasteiger charge is 2.49. The van der Waals surface area contributed by atoms with Crippen molar-refractivity contribution in [3.05, 3.63) is 0 Å². The fourth-order valence-electron chi connectivity index (χ4n) is 26.1. The van der Waals surface area contributed by atoms with Crippen molar-refractivity contribution in [3.8, 4) is 0 Å². The van der Waals surface area contributed by atoms with Gasteiger partial charge in [-0.05, 0) is 259 Å². The molecule has 7 amide bonds. The Bertz CT molecular complexity index is 3410. The number of sulfone groups is 1. The fraction of sp³-hybridized carbons (Fsp3) is 0.941. The maximum absolute atomic E-state index is 11.7. The summed E-state index contributed by atoms with van der Waals surface area (Å²) < 4.78 is 33.6. The van der Waals surface area contributed by atoms with Crippen LogP contribution >= 0.6 is 0 Å². The van der Waals surface area contributed by atoms with Crippen molar-refractivity contribution in [1.82, 2.24) is 39.2 Å². The van der Waals surface area contributed by atoms with Crippen molar-refractivity contribution in [2.24, 2.45) is 207 Å². The molecule has 0 aliphatic carbocycles. The third-order valence-corrected chi connectivity index (χ3v) is 36.5. The van der Waals surface area contributed by atoms with Gasteiger partial charge in [0.05, 0.1) is 31.3 Å². The Morgan fingerprint density at radius 2 is 0.543 bits per heavy atom. The summed E-state index contributed by atoms with van der Waals surface area (Å²) in [5.74, 6) is 24.8. The van der Waals surface area contributed by atoms with Crippen LogP contribution in [0.1, 0.15) is 371 Å². The first-order valence-electron chi connectivity index (χ1n) is 56.5. The third-order valence-electron chi connectivity index (χ3n) is 34.8. The van der Waals surface area contributed by atoms with Gasteiger partial charge in [-0.1, -0.05) is 284 Å². The maximum atomic E-state index is 11.7. The van der Waals surface area contributed by atoms with E-state index in [4.69, 9.17) is 9.47 Å². The minimum atomic E-state index is -2.73. The Hall–Kier alpha value is -4.04. The average molecular weight is 1970 g/mol. The number of nitrogens with zero attached hydrogens (tertiary/aromatic N) is 8. The van der Waals surface area contributed by atoms with Crippen LogP contribution in [0.5, 0.6) is 0 Å². The van der Waals surface area contributed by atoms with Gasteiger partial charge in [0.25, 0.3) is 0 Å². The van der Waals surface area contributed by atoms with E-state index in [9.17, 15) is 42.0 Å². The van der Waals surface area contributed by atoms with E-state index >= 15 is 0 Å². The van der Waals surface area contributed by atoms with Gasteiger partial charge in [-0.15, -0.1) is 0 Å². The molecule has 0 spiro atoms. The zero-order valence-corrected chi connectivity index (χ0v) is 100. The van der Waals surface area contributed by atoms with Crippen LogP contribution in [0, 0.1) is 207 Å². The predicted octanol–water partition coefficient (Wildman–Crippen LogP) is 25.8. The standard InChI is InChI=1S/C13H25NO2.2C13H25NO.3C12H23NO.C11H21NO.C11H23N.C11H22O.C10H20O2S/c1-6-16-13(15)14-7-11(9(2)3)12(8-14)10(4)5;2*1-9(2)12-7-6-8-14(11(5)15)13(12)10(3)4;1-8(2)11-6-13(10(5)14)7-12(11)9(3)4;2*1-8(2)11-6-7-13(10(5)14)12(11)9(3)4;1-7(2)10-6-12(9(5)13)11(10)8(3)4;1-8(2)10-6-12(5)7-11(10)9(3)4;1-8(2)10-6-12-7-11(10,5)9(3)4;1-7(2)9-5-13(11,12)6-10(9)8(3)4/h9-12H,6-8H2,1-5H3;2*9-10,12-13H,6-8H2,1-5H3;3*8-9,11-12H,6-7H2,1-5H3;7-8,10-11H,6H2,1-5H3;8-11H,6-7H2,1-5H3;8-10H,6-7H2,1-5H3;7-10H,5-6H2,1-4H3. The van der Waals surface area contributed by atoms with Gasteiger partial charge in [-0.3, -0.25) is 28.8 Å². The highest BCUT2D eigenvalue weighted by Crippen LogP contribution is 2.46. The molecule has 0 aromatic rings. The zero-order valence-electron chi connectivity index (χ0n) is 99.5. The SMILES string of the molecule is CC(=O)N1CC(C(C)C)C(C(C)C)C1.CC(=O)N1CC(C(C)C)C1C(C)C.CC(=O)N1CCC(C(C)C)C1C(C)C.CC(=O)N1CCC(C(C)C)C1C(C)C.CC(=O)N1CCCC(C(C)C)C1C(C)C.CC(=O)N1CCCC(C(C)C)C1C(C)C.CC(C)C1CN(C)CC1C(C)C.CC(C)C1COCC1(C)C(C)C.CC(C)C1CS(=O)(=O)CC1C(C)C.CCOC(=O)N1CC(C(C)C)C(C(C)C)C1. The second kappa shape index (κ2) is 61.5. The molecular weight excluding hydrogens is 1740 g/mol. The number of rotatable bonds is 21. The molecule has 20 unspecified atom stereocenters. The molecule has 0 bridgehead atoms. The summed E-state index contributed by atoms with van der Waals surface area (Å²) >= 11 is 0. The summed E-state index contributed by atoms with van der Waals surface area (Å²) in [6, 6.07) is 2.32. The van der Waals surface area contributed by atoms with E-state index in [0.717, 1.165) is 114 Å². The summed E-state index contributed by atoms with van der Waals surface area (Å²) in [5.41, 5.74) is 0.411. The van der Waals surface area contributed by atoms with E-state index in [1.165, 1.54) is 51.6 Å². The van der Waals surface area contributed by atoms with Crippen LogP contribution in [0.2, 0.25) is 0 Å². The van der Waals surface area contributed by atoms with Gasteiger partial charge in [0.1, 0.15) is 0 Å². The summed E-state index contributed by atoms with van der Waals surface area (Å²) in [6.45, 7) is 118. The van der Waals surface area contributed by atoms with Crippen LogP contribution in [0.15, 0.2) is 0 Å². The molecule has 0 aromatic carbocycles. The Morgan fingerprint density at radius 1 is 0.297 bits per heavy atom. The summed E-state index contributed by atoms with van der Waals surface area (Å²) in [5, 5.41) is 0. The van der Waals surface area contributed by atoms with E-state index in [-0.39, 0.29) is 41.5 Å². The van der Waals surface area contributed by atoms with E-state index in [2.05, 4.69) is 315 Å². The number of carbonyl (C=O) groups excluding carboxylic acids is 7. The van der Waals surface area contributed by atoms with E-state index < -0.39 is 9.84 Å². The normalized spacial score (nSPS) is 29.2. The molecule has 10 rings (SSSR count). The highest BCUT2D eigenvalue weighted by molar-refractivity contribution is 7.91. The van der Waals surface area contributed by atoms with Crippen LogP contribution in [-0.4, -0.2) is 230 Å². The molecule has 138 heavy (non-hydrogen) atoms. The topological polar surface area (TPSA) is 198 Å². The largest absolute Gasteiger partial charge is 0.450 e. The molecule has 814 valence electrons. The van der Waals surface area contributed by atoms with Crippen LogP contribution in [0.3, 0.4) is 0 Å².